The second-order valence-corrected chi connectivity index (χ2v) is 9.02. The zero-order chi connectivity index (χ0) is 24.4. The standard InChI is InChI=1S/C26H26N4O5/c31-24(29-16-9-15(10-16)25(32)33)23(11-17-12-27-14-28-17)30-26(34)35-13-22-20-7-3-1-5-18(20)19-6-2-4-8-21(19)22/h1-8,12,14-16,22-23H,9-11,13H2,(H,27,28)(H,29,31)(H,30,34)(H,32,33)/t15?,16?,23-/m0/s1. The molecule has 4 N–H and O–H groups in total. The van der Waals surface area contributed by atoms with Crippen LogP contribution in [0.2, 0.25) is 0 Å². The van der Waals surface area contributed by atoms with Crippen LogP contribution in [-0.2, 0) is 20.7 Å². The van der Waals surface area contributed by atoms with Crippen molar-refractivity contribution in [3.8, 4) is 11.1 Å². The van der Waals surface area contributed by atoms with E-state index in [0.29, 0.717) is 18.5 Å². The van der Waals surface area contributed by atoms with E-state index in [1.54, 1.807) is 6.20 Å². The van der Waals surface area contributed by atoms with Gasteiger partial charge in [-0.3, -0.25) is 9.59 Å². The third-order valence-corrected chi connectivity index (χ3v) is 6.76. The number of nitrogens with zero attached hydrogens (tertiary/aromatic N) is 1. The summed E-state index contributed by atoms with van der Waals surface area (Å²) in [5, 5.41) is 14.6. The van der Waals surface area contributed by atoms with Crippen molar-refractivity contribution in [1.29, 1.82) is 0 Å². The van der Waals surface area contributed by atoms with Gasteiger partial charge in [0, 0.05) is 30.3 Å². The molecular formula is C26H26N4O5. The highest BCUT2D eigenvalue weighted by Gasteiger charge is 2.37. The molecule has 2 aromatic carbocycles. The number of nitrogens with one attached hydrogen (secondary N) is 3. The predicted octanol–water partition coefficient (Wildman–Crippen LogP) is 2.84. The number of ether oxygens (including phenoxy) is 1. The number of carboxylic acids is 1. The number of H-pyrrole nitrogens is 1. The van der Waals surface area contributed by atoms with Gasteiger partial charge in [-0.1, -0.05) is 48.5 Å². The van der Waals surface area contributed by atoms with Crippen molar-refractivity contribution in [3.63, 3.8) is 0 Å². The van der Waals surface area contributed by atoms with E-state index in [-0.39, 0.29) is 30.9 Å². The number of hydrogen-bond donors (Lipinski definition) is 4. The Kier molecular flexibility index (Phi) is 6.22. The molecule has 2 amide bonds. The molecule has 0 unspecified atom stereocenters. The minimum absolute atomic E-state index is 0.0871. The van der Waals surface area contributed by atoms with E-state index in [1.807, 2.05) is 36.4 Å². The summed E-state index contributed by atoms with van der Waals surface area (Å²) in [5.41, 5.74) is 5.15. The van der Waals surface area contributed by atoms with Crippen LogP contribution in [0.15, 0.2) is 61.1 Å². The lowest BCUT2D eigenvalue weighted by molar-refractivity contribution is -0.146. The molecule has 0 saturated heterocycles. The first-order valence-corrected chi connectivity index (χ1v) is 11.6. The van der Waals surface area contributed by atoms with Gasteiger partial charge in [-0.2, -0.15) is 0 Å². The Morgan fingerprint density at radius 2 is 1.71 bits per heavy atom. The van der Waals surface area contributed by atoms with Crippen molar-refractivity contribution in [2.75, 3.05) is 6.61 Å². The summed E-state index contributed by atoms with van der Waals surface area (Å²) < 4.78 is 5.60. The third-order valence-electron chi connectivity index (χ3n) is 6.76. The molecule has 180 valence electrons. The molecule has 9 heteroatoms. The number of alkyl carbamates (subject to hydrolysis) is 1. The van der Waals surface area contributed by atoms with Gasteiger partial charge in [-0.15, -0.1) is 0 Å². The topological polar surface area (TPSA) is 133 Å². The Hall–Kier alpha value is -4.14. The van der Waals surface area contributed by atoms with E-state index in [1.165, 1.54) is 6.33 Å². The highest BCUT2D eigenvalue weighted by molar-refractivity contribution is 5.86. The first-order valence-electron chi connectivity index (χ1n) is 11.6. The average Bonchev–Trinajstić information content (AvgIpc) is 3.45. The van der Waals surface area contributed by atoms with Crippen LogP contribution in [0.25, 0.3) is 11.1 Å². The van der Waals surface area contributed by atoms with Crippen molar-refractivity contribution in [2.24, 2.45) is 5.92 Å². The lowest BCUT2D eigenvalue weighted by Gasteiger charge is -2.34. The predicted molar refractivity (Wildman–Crippen MR) is 127 cm³/mol. The Labute approximate surface area is 201 Å². The first-order chi connectivity index (χ1) is 17.0. The number of benzene rings is 2. The molecule has 35 heavy (non-hydrogen) atoms. The van der Waals surface area contributed by atoms with Crippen molar-refractivity contribution >= 4 is 18.0 Å². The number of aromatic nitrogens is 2. The summed E-state index contributed by atoms with van der Waals surface area (Å²) in [4.78, 5) is 43.6. The van der Waals surface area contributed by atoms with Gasteiger partial charge in [0.2, 0.25) is 5.91 Å². The maximum atomic E-state index is 12.9. The van der Waals surface area contributed by atoms with Crippen molar-refractivity contribution in [2.45, 2.75) is 37.3 Å². The van der Waals surface area contributed by atoms with E-state index < -0.39 is 24.0 Å². The summed E-state index contributed by atoms with van der Waals surface area (Å²) in [7, 11) is 0. The summed E-state index contributed by atoms with van der Waals surface area (Å²) in [5.74, 6) is -1.78. The largest absolute Gasteiger partial charge is 0.481 e. The fourth-order valence-electron chi connectivity index (χ4n) is 4.85. The van der Waals surface area contributed by atoms with Crippen molar-refractivity contribution in [1.82, 2.24) is 20.6 Å². The van der Waals surface area contributed by atoms with Crippen LogP contribution in [0.5, 0.6) is 0 Å². The first kappa shape index (κ1) is 22.6. The number of carboxylic acid groups (broad SMARTS) is 1. The molecule has 9 nitrogen and oxygen atoms in total. The zero-order valence-electron chi connectivity index (χ0n) is 18.9. The van der Waals surface area contributed by atoms with Gasteiger partial charge < -0.3 is 25.5 Å². The molecule has 1 atom stereocenters. The number of carbonyl (C=O) groups is 3. The fraction of sp³-hybridized carbons (Fsp3) is 0.308. The molecular weight excluding hydrogens is 448 g/mol. The van der Waals surface area contributed by atoms with Crippen LogP contribution in [0.1, 0.15) is 35.6 Å². The maximum absolute atomic E-state index is 12.9. The number of aliphatic carboxylic acids is 1. The molecule has 0 bridgehead atoms. The number of rotatable bonds is 8. The Balaban J connectivity index is 1.23. The maximum Gasteiger partial charge on any atom is 0.407 e. The third kappa shape index (κ3) is 4.75. The number of amides is 2. The molecule has 2 aliphatic rings. The van der Waals surface area contributed by atoms with Gasteiger partial charge in [-0.05, 0) is 35.1 Å². The van der Waals surface area contributed by atoms with Crippen LogP contribution in [-0.4, -0.2) is 51.7 Å². The molecule has 5 rings (SSSR count). The highest BCUT2D eigenvalue weighted by atomic mass is 16.5. The van der Waals surface area contributed by atoms with E-state index >= 15 is 0 Å². The fourth-order valence-corrected chi connectivity index (χ4v) is 4.85. The van der Waals surface area contributed by atoms with Gasteiger partial charge in [-0.25, -0.2) is 9.78 Å². The smallest absolute Gasteiger partial charge is 0.407 e. The molecule has 1 fully saturated rings. The quantitative estimate of drug-likeness (QED) is 0.397. The van der Waals surface area contributed by atoms with E-state index in [9.17, 15) is 14.4 Å². The highest BCUT2D eigenvalue weighted by Crippen LogP contribution is 2.44. The number of fused-ring (bicyclic) bond motifs is 3. The minimum Gasteiger partial charge on any atom is -0.481 e. The van der Waals surface area contributed by atoms with Crippen LogP contribution in [0, 0.1) is 5.92 Å². The average molecular weight is 475 g/mol. The van der Waals surface area contributed by atoms with Gasteiger partial charge in [0.25, 0.3) is 0 Å². The molecule has 1 heterocycles. The Morgan fingerprint density at radius 3 is 2.31 bits per heavy atom. The normalized spacial score (nSPS) is 19.1. The monoisotopic (exact) mass is 474 g/mol. The number of carbonyl (C=O) groups excluding carboxylic acids is 2. The summed E-state index contributed by atoms with van der Waals surface area (Å²) in [6.45, 7) is 0.140. The van der Waals surface area contributed by atoms with Crippen LogP contribution in [0.4, 0.5) is 4.79 Å². The summed E-state index contributed by atoms with van der Waals surface area (Å²) in [6.07, 6.45) is 3.35. The van der Waals surface area contributed by atoms with Crippen molar-refractivity contribution < 1.29 is 24.2 Å². The molecule has 0 spiro atoms. The van der Waals surface area contributed by atoms with E-state index in [4.69, 9.17) is 9.84 Å². The second-order valence-electron chi connectivity index (χ2n) is 9.02. The van der Waals surface area contributed by atoms with Crippen LogP contribution in [0.3, 0.4) is 0 Å². The van der Waals surface area contributed by atoms with Gasteiger partial charge in [0.1, 0.15) is 12.6 Å². The molecule has 1 saturated carbocycles. The molecule has 2 aliphatic carbocycles. The number of aromatic amines is 1. The lowest BCUT2D eigenvalue weighted by Crippen LogP contribution is -2.54. The molecule has 0 aliphatic heterocycles. The number of hydrogen-bond acceptors (Lipinski definition) is 5. The summed E-state index contributed by atoms with van der Waals surface area (Å²) in [6, 6.07) is 15.0. The van der Waals surface area contributed by atoms with E-state index in [2.05, 4.69) is 32.7 Å². The minimum atomic E-state index is -0.894. The van der Waals surface area contributed by atoms with Crippen molar-refractivity contribution in [3.05, 3.63) is 77.9 Å². The van der Waals surface area contributed by atoms with Gasteiger partial charge >= 0.3 is 12.1 Å². The van der Waals surface area contributed by atoms with Crippen LogP contribution >= 0.6 is 0 Å². The van der Waals surface area contributed by atoms with E-state index in [0.717, 1.165) is 22.3 Å². The number of imidazole rings is 1. The van der Waals surface area contributed by atoms with Gasteiger partial charge in [0.05, 0.1) is 12.2 Å². The Bertz CT molecular complexity index is 1190. The zero-order valence-corrected chi connectivity index (χ0v) is 18.9. The second kappa shape index (κ2) is 9.61. The lowest BCUT2D eigenvalue weighted by atomic mass is 9.80. The molecule has 3 aromatic rings. The molecule has 0 radical (unpaired) electrons. The summed E-state index contributed by atoms with van der Waals surface area (Å²) >= 11 is 0. The van der Waals surface area contributed by atoms with Gasteiger partial charge in [0.15, 0.2) is 0 Å². The van der Waals surface area contributed by atoms with Crippen LogP contribution < -0.4 is 10.6 Å². The molecule has 1 aromatic heterocycles. The SMILES string of the molecule is O=C(N[C@@H](Cc1cnc[nH]1)C(=O)NC1CC(C(=O)O)C1)OCC1c2ccccc2-c2ccccc21. The Morgan fingerprint density at radius 1 is 1.06 bits per heavy atom.